The van der Waals surface area contributed by atoms with Gasteiger partial charge in [-0.2, -0.15) is 0 Å². The number of aromatic nitrogens is 5. The van der Waals surface area contributed by atoms with Crippen LogP contribution in [0.3, 0.4) is 0 Å². The molecule has 0 saturated heterocycles. The van der Waals surface area contributed by atoms with Gasteiger partial charge in [0.1, 0.15) is 18.1 Å². The number of benzene rings is 1. The van der Waals surface area contributed by atoms with Gasteiger partial charge in [-0.15, -0.1) is 5.10 Å². The number of nitro groups is 1. The third-order valence-corrected chi connectivity index (χ3v) is 4.01. The summed E-state index contributed by atoms with van der Waals surface area (Å²) in [4.78, 5) is 14.1. The first-order valence-corrected chi connectivity index (χ1v) is 8.32. The maximum absolute atomic E-state index is 10.9. The highest BCUT2D eigenvalue weighted by Gasteiger charge is 2.15. The first-order chi connectivity index (χ1) is 12.2. The van der Waals surface area contributed by atoms with E-state index in [4.69, 9.17) is 0 Å². The Kier molecular flexibility index (Phi) is 5.17. The Morgan fingerprint density at radius 3 is 2.72 bits per heavy atom. The van der Waals surface area contributed by atoms with Crippen LogP contribution in [-0.4, -0.2) is 29.5 Å². The Bertz CT molecular complexity index is 837. The van der Waals surface area contributed by atoms with Crippen LogP contribution >= 0.6 is 0 Å². The molecule has 0 amide bonds. The molecule has 25 heavy (non-hydrogen) atoms. The molecule has 0 bridgehead atoms. The van der Waals surface area contributed by atoms with Crippen molar-refractivity contribution in [3.05, 3.63) is 58.5 Å². The van der Waals surface area contributed by atoms with Gasteiger partial charge in [0.05, 0.1) is 6.20 Å². The molecule has 0 spiro atoms. The van der Waals surface area contributed by atoms with Crippen molar-refractivity contribution < 1.29 is 4.92 Å². The predicted molar refractivity (Wildman–Crippen MR) is 93.0 cm³/mol. The van der Waals surface area contributed by atoms with Gasteiger partial charge in [-0.25, -0.2) is 9.25 Å². The minimum Gasteiger partial charge on any atom is -0.390 e. The molecule has 1 aromatic carbocycles. The fourth-order valence-electron chi connectivity index (χ4n) is 2.66. The van der Waals surface area contributed by atoms with Crippen LogP contribution in [-0.2, 0) is 13.1 Å². The number of rotatable bonds is 8. The standard InChI is InChI=1S/C17H20N6O2/c1-2-3-4-5-14-6-8-15(9-7-14)16-12-22(20-19-16)13-21-11-10-18-17(21)23(24)25/h6-12H,2-5,13H2,1H3. The topological polar surface area (TPSA) is 91.7 Å². The Morgan fingerprint density at radius 2 is 2.00 bits per heavy atom. The van der Waals surface area contributed by atoms with Crippen molar-refractivity contribution in [3.63, 3.8) is 0 Å². The van der Waals surface area contributed by atoms with E-state index in [2.05, 4.69) is 34.4 Å². The van der Waals surface area contributed by atoms with E-state index >= 15 is 0 Å². The Hall–Kier alpha value is -3.03. The molecule has 0 fully saturated rings. The van der Waals surface area contributed by atoms with Gasteiger partial charge >= 0.3 is 5.95 Å². The third-order valence-electron chi connectivity index (χ3n) is 4.01. The zero-order chi connectivity index (χ0) is 17.6. The summed E-state index contributed by atoms with van der Waals surface area (Å²) in [6.45, 7) is 2.39. The summed E-state index contributed by atoms with van der Waals surface area (Å²) in [6.07, 6.45) is 9.47. The van der Waals surface area contributed by atoms with Gasteiger partial charge in [-0.05, 0) is 23.3 Å². The fraction of sp³-hybridized carbons (Fsp3) is 0.353. The molecule has 2 aromatic heterocycles. The molecule has 0 aliphatic carbocycles. The maximum atomic E-state index is 10.9. The Morgan fingerprint density at radius 1 is 1.20 bits per heavy atom. The summed E-state index contributed by atoms with van der Waals surface area (Å²) in [5.74, 6) is -0.214. The van der Waals surface area contributed by atoms with Crippen LogP contribution in [0.4, 0.5) is 5.95 Å². The van der Waals surface area contributed by atoms with Gasteiger partial charge in [0, 0.05) is 5.56 Å². The average molecular weight is 340 g/mol. The second kappa shape index (κ2) is 7.69. The average Bonchev–Trinajstić information content (AvgIpc) is 3.26. The van der Waals surface area contributed by atoms with Crippen LogP contribution in [0.5, 0.6) is 0 Å². The van der Waals surface area contributed by atoms with Gasteiger partial charge in [-0.3, -0.25) is 0 Å². The normalized spacial score (nSPS) is 10.9. The highest BCUT2D eigenvalue weighted by Crippen LogP contribution is 2.18. The second-order valence-corrected chi connectivity index (χ2v) is 5.89. The van der Waals surface area contributed by atoms with E-state index in [0.717, 1.165) is 17.7 Å². The van der Waals surface area contributed by atoms with Gasteiger partial charge in [0.25, 0.3) is 0 Å². The quantitative estimate of drug-likeness (QED) is 0.356. The molecule has 0 radical (unpaired) electrons. The molecule has 3 aromatic rings. The van der Waals surface area contributed by atoms with E-state index in [1.54, 1.807) is 17.1 Å². The minimum absolute atomic E-state index is 0.193. The predicted octanol–water partition coefficient (Wildman–Crippen LogP) is 3.29. The molecule has 0 aliphatic heterocycles. The zero-order valence-corrected chi connectivity index (χ0v) is 14.1. The van der Waals surface area contributed by atoms with Crippen LogP contribution in [0.2, 0.25) is 0 Å². The molecule has 8 heteroatoms. The van der Waals surface area contributed by atoms with Crippen molar-refractivity contribution in [2.24, 2.45) is 0 Å². The molecule has 0 aliphatic rings. The van der Waals surface area contributed by atoms with Crippen molar-refractivity contribution in [1.29, 1.82) is 0 Å². The molecule has 8 nitrogen and oxygen atoms in total. The summed E-state index contributed by atoms with van der Waals surface area (Å²) < 4.78 is 2.97. The lowest BCUT2D eigenvalue weighted by Gasteiger charge is -2.02. The molecule has 3 rings (SSSR count). The third kappa shape index (κ3) is 4.09. The number of nitrogens with zero attached hydrogens (tertiary/aromatic N) is 6. The summed E-state index contributed by atoms with van der Waals surface area (Å²) in [5.41, 5.74) is 3.03. The number of unbranched alkanes of at least 4 members (excludes halogenated alkanes) is 2. The van der Waals surface area contributed by atoms with Crippen molar-refractivity contribution in [2.75, 3.05) is 0 Å². The smallest absolute Gasteiger partial charge is 0.390 e. The minimum atomic E-state index is -0.519. The molecule has 0 unspecified atom stereocenters. The van der Waals surface area contributed by atoms with E-state index in [1.165, 1.54) is 35.6 Å². The maximum Gasteiger partial charge on any atom is 0.436 e. The van der Waals surface area contributed by atoms with Crippen LogP contribution in [0.15, 0.2) is 42.9 Å². The number of hydrogen-bond donors (Lipinski definition) is 0. The van der Waals surface area contributed by atoms with Crippen LogP contribution < -0.4 is 0 Å². The van der Waals surface area contributed by atoms with Gasteiger partial charge in [0.15, 0.2) is 6.67 Å². The SMILES string of the molecule is CCCCCc1ccc(-c2cn(Cn3ccnc3[N+](=O)[O-])nn2)cc1. The summed E-state index contributed by atoms with van der Waals surface area (Å²) in [6, 6.07) is 8.31. The molecule has 130 valence electrons. The number of aryl methyl sites for hydroxylation is 1. The van der Waals surface area contributed by atoms with Crippen molar-refractivity contribution in [2.45, 2.75) is 39.3 Å². The molecule has 2 heterocycles. The number of hydrogen-bond acceptors (Lipinski definition) is 5. The van der Waals surface area contributed by atoms with E-state index in [-0.39, 0.29) is 12.6 Å². The molecule has 0 N–H and O–H groups in total. The lowest BCUT2D eigenvalue weighted by molar-refractivity contribution is -0.396. The van der Waals surface area contributed by atoms with Crippen molar-refractivity contribution in [3.8, 4) is 11.3 Å². The van der Waals surface area contributed by atoms with Crippen LogP contribution in [0.1, 0.15) is 31.7 Å². The lowest BCUT2D eigenvalue weighted by Crippen LogP contribution is -2.10. The highest BCUT2D eigenvalue weighted by molar-refractivity contribution is 5.57. The Labute approximate surface area is 145 Å². The van der Waals surface area contributed by atoms with Crippen LogP contribution in [0, 0.1) is 10.1 Å². The fourth-order valence-corrected chi connectivity index (χ4v) is 2.66. The summed E-state index contributed by atoms with van der Waals surface area (Å²) in [5, 5.41) is 19.1. The van der Waals surface area contributed by atoms with E-state index in [0.29, 0.717) is 0 Å². The van der Waals surface area contributed by atoms with Crippen LogP contribution in [0.25, 0.3) is 11.3 Å². The van der Waals surface area contributed by atoms with Crippen molar-refractivity contribution >= 4 is 5.95 Å². The first-order valence-electron chi connectivity index (χ1n) is 8.32. The lowest BCUT2D eigenvalue weighted by atomic mass is 10.0. The van der Waals surface area contributed by atoms with E-state index in [9.17, 15) is 10.1 Å². The molecule has 0 saturated carbocycles. The second-order valence-electron chi connectivity index (χ2n) is 5.89. The number of imidazole rings is 1. The Balaban J connectivity index is 1.68. The summed E-state index contributed by atoms with van der Waals surface area (Å²) in [7, 11) is 0. The van der Waals surface area contributed by atoms with Gasteiger partial charge in [0.2, 0.25) is 0 Å². The van der Waals surface area contributed by atoms with Gasteiger partial charge < -0.3 is 10.1 Å². The molecular weight excluding hydrogens is 320 g/mol. The van der Waals surface area contributed by atoms with E-state index < -0.39 is 4.92 Å². The molecular formula is C17H20N6O2. The zero-order valence-electron chi connectivity index (χ0n) is 14.1. The summed E-state index contributed by atoms with van der Waals surface area (Å²) >= 11 is 0. The van der Waals surface area contributed by atoms with Gasteiger partial charge in [-0.1, -0.05) is 54.2 Å². The first kappa shape index (κ1) is 16.8. The largest absolute Gasteiger partial charge is 0.436 e. The molecule has 0 atom stereocenters. The van der Waals surface area contributed by atoms with E-state index in [1.807, 2.05) is 12.1 Å². The van der Waals surface area contributed by atoms with Crippen molar-refractivity contribution in [1.82, 2.24) is 24.5 Å². The monoisotopic (exact) mass is 340 g/mol. The highest BCUT2D eigenvalue weighted by atomic mass is 16.6.